The second-order valence-electron chi connectivity index (χ2n) is 6.17. The molecule has 0 radical (unpaired) electrons. The molecule has 7 heteroatoms. The maximum Gasteiger partial charge on any atom is 0.243 e. The van der Waals surface area contributed by atoms with Gasteiger partial charge in [0.2, 0.25) is 15.9 Å². The lowest BCUT2D eigenvalue weighted by Crippen LogP contribution is -2.40. The van der Waals surface area contributed by atoms with Crippen LogP contribution in [0.5, 0.6) is 0 Å². The fourth-order valence-electron chi connectivity index (χ4n) is 2.53. The minimum atomic E-state index is -3.69. The zero-order chi connectivity index (χ0) is 19.2. The van der Waals surface area contributed by atoms with E-state index in [0.717, 1.165) is 16.9 Å². The van der Waals surface area contributed by atoms with Gasteiger partial charge in [-0.05, 0) is 41.5 Å². The quantitative estimate of drug-likeness (QED) is 0.707. The summed E-state index contributed by atoms with van der Waals surface area (Å²) >= 11 is 1.55. The lowest BCUT2D eigenvalue weighted by molar-refractivity contribution is -0.121. The van der Waals surface area contributed by atoms with E-state index in [1.54, 1.807) is 30.4 Å². The molecule has 5 nitrogen and oxygen atoms in total. The number of hydrogen-bond acceptors (Lipinski definition) is 4. The van der Waals surface area contributed by atoms with Crippen LogP contribution in [0.1, 0.15) is 43.6 Å². The second-order valence-corrected chi connectivity index (χ2v) is 9.14. The number of thiophene rings is 1. The number of benzene rings is 1. The first-order valence-electron chi connectivity index (χ1n) is 8.77. The molecule has 1 amide bonds. The predicted octanol–water partition coefficient (Wildman–Crippen LogP) is 3.59. The van der Waals surface area contributed by atoms with Gasteiger partial charge in [0.15, 0.2) is 0 Å². The molecule has 0 spiro atoms. The van der Waals surface area contributed by atoms with Crippen molar-refractivity contribution >= 4 is 27.3 Å². The molecule has 0 aliphatic carbocycles. The Labute approximate surface area is 160 Å². The van der Waals surface area contributed by atoms with Crippen molar-refractivity contribution in [2.75, 3.05) is 13.1 Å². The van der Waals surface area contributed by atoms with Crippen molar-refractivity contribution in [2.24, 2.45) is 0 Å². The average molecular weight is 395 g/mol. The Morgan fingerprint density at radius 3 is 2.42 bits per heavy atom. The summed E-state index contributed by atoms with van der Waals surface area (Å²) in [6.07, 6.45) is 0.998. The maximum atomic E-state index is 12.8. The van der Waals surface area contributed by atoms with Gasteiger partial charge >= 0.3 is 0 Å². The highest BCUT2D eigenvalue weighted by Gasteiger charge is 2.25. The van der Waals surface area contributed by atoms with Gasteiger partial charge < -0.3 is 5.32 Å². The highest BCUT2D eigenvalue weighted by molar-refractivity contribution is 7.89. The van der Waals surface area contributed by atoms with E-state index in [9.17, 15) is 13.2 Å². The number of hydrogen-bond donors (Lipinski definition) is 1. The fourth-order valence-corrected chi connectivity index (χ4v) is 4.58. The van der Waals surface area contributed by atoms with Crippen molar-refractivity contribution in [3.63, 3.8) is 0 Å². The maximum absolute atomic E-state index is 12.8. The van der Waals surface area contributed by atoms with Crippen LogP contribution >= 0.6 is 11.3 Å². The van der Waals surface area contributed by atoms with Crippen LogP contribution in [0.2, 0.25) is 0 Å². The van der Waals surface area contributed by atoms with Crippen LogP contribution in [0.15, 0.2) is 46.7 Å². The van der Waals surface area contributed by atoms with Crippen molar-refractivity contribution in [3.8, 4) is 0 Å². The van der Waals surface area contributed by atoms with E-state index in [2.05, 4.69) is 19.2 Å². The third-order valence-corrected chi connectivity index (χ3v) is 7.22. The van der Waals surface area contributed by atoms with Gasteiger partial charge in [-0.1, -0.05) is 39.0 Å². The predicted molar refractivity (Wildman–Crippen MR) is 106 cm³/mol. The summed E-state index contributed by atoms with van der Waals surface area (Å²) in [7, 11) is -3.69. The number of amides is 1. The van der Waals surface area contributed by atoms with Crippen LogP contribution in [-0.2, 0) is 21.4 Å². The number of carbonyl (C=O) groups excluding carboxylic acids is 1. The van der Waals surface area contributed by atoms with E-state index in [1.165, 1.54) is 4.31 Å². The Kier molecular flexibility index (Phi) is 7.37. The molecule has 0 saturated carbocycles. The van der Waals surface area contributed by atoms with Gasteiger partial charge in [-0.15, -0.1) is 11.3 Å². The Morgan fingerprint density at radius 1 is 1.19 bits per heavy atom. The third-order valence-electron chi connectivity index (χ3n) is 4.41. The molecule has 0 bridgehead atoms. The Balaban J connectivity index is 2.05. The molecule has 1 N–H and O–H groups in total. The van der Waals surface area contributed by atoms with Crippen LogP contribution < -0.4 is 5.32 Å². The van der Waals surface area contributed by atoms with Crippen LogP contribution in [0.3, 0.4) is 0 Å². The topological polar surface area (TPSA) is 66.5 Å². The molecule has 0 aliphatic heterocycles. The minimum absolute atomic E-state index is 0.183. The number of sulfonamides is 1. The lowest BCUT2D eigenvalue weighted by atomic mass is 9.99. The van der Waals surface area contributed by atoms with Crippen LogP contribution in [0.4, 0.5) is 0 Å². The third kappa shape index (κ3) is 5.16. The summed E-state index contributed by atoms with van der Waals surface area (Å²) in [6.45, 7) is 6.41. The van der Waals surface area contributed by atoms with E-state index < -0.39 is 10.0 Å². The highest BCUT2D eigenvalue weighted by atomic mass is 32.2. The van der Waals surface area contributed by atoms with Crippen molar-refractivity contribution in [1.29, 1.82) is 0 Å². The SMILES string of the molecule is CCC(C)c1ccc(S(=O)(=O)N(CC)CC(=O)NCc2cccs2)cc1. The van der Waals surface area contributed by atoms with Crippen LogP contribution in [-0.4, -0.2) is 31.7 Å². The van der Waals surface area contributed by atoms with Crippen molar-refractivity contribution in [1.82, 2.24) is 9.62 Å². The molecule has 2 aromatic rings. The van der Waals surface area contributed by atoms with Crippen LogP contribution in [0, 0.1) is 0 Å². The Hall–Kier alpha value is -1.70. The number of rotatable bonds is 9. The van der Waals surface area contributed by atoms with Gasteiger partial charge in [-0.3, -0.25) is 4.79 Å². The van der Waals surface area contributed by atoms with Gasteiger partial charge in [-0.2, -0.15) is 4.31 Å². The van der Waals surface area contributed by atoms with Crippen LogP contribution in [0.25, 0.3) is 0 Å². The summed E-state index contributed by atoms with van der Waals surface area (Å²) in [4.78, 5) is 13.4. The molecule has 0 fully saturated rings. The summed E-state index contributed by atoms with van der Waals surface area (Å²) in [5.41, 5.74) is 1.11. The van der Waals surface area contributed by atoms with Crippen molar-refractivity contribution in [2.45, 2.75) is 44.6 Å². The van der Waals surface area contributed by atoms with Gasteiger partial charge in [0, 0.05) is 11.4 Å². The first-order chi connectivity index (χ1) is 12.4. The first-order valence-corrected chi connectivity index (χ1v) is 11.1. The molecule has 142 valence electrons. The molecule has 1 atom stereocenters. The largest absolute Gasteiger partial charge is 0.350 e. The minimum Gasteiger partial charge on any atom is -0.350 e. The van der Waals surface area contributed by atoms with Gasteiger partial charge in [0.1, 0.15) is 0 Å². The van der Waals surface area contributed by atoms with Crippen molar-refractivity contribution < 1.29 is 13.2 Å². The summed E-state index contributed by atoms with van der Waals surface area (Å²) in [5.74, 6) is 0.0807. The zero-order valence-corrected chi connectivity index (χ0v) is 17.1. The zero-order valence-electron chi connectivity index (χ0n) is 15.4. The molecule has 2 rings (SSSR count). The molecule has 1 unspecified atom stereocenters. The van der Waals surface area contributed by atoms with E-state index in [1.807, 2.05) is 29.6 Å². The fraction of sp³-hybridized carbons (Fsp3) is 0.421. The standard InChI is InChI=1S/C19H26N2O3S2/c1-4-15(3)16-8-10-18(11-9-16)26(23,24)21(5-2)14-19(22)20-13-17-7-6-12-25-17/h6-12,15H,4-5,13-14H2,1-3H3,(H,20,22). The van der Waals surface area contributed by atoms with E-state index in [4.69, 9.17) is 0 Å². The summed E-state index contributed by atoms with van der Waals surface area (Å²) in [5, 5.41) is 4.71. The molecule has 1 aromatic heterocycles. The Morgan fingerprint density at radius 2 is 1.88 bits per heavy atom. The Bertz CT molecular complexity index is 800. The summed E-state index contributed by atoms with van der Waals surface area (Å²) < 4.78 is 26.9. The van der Waals surface area contributed by atoms with Gasteiger partial charge in [-0.25, -0.2) is 8.42 Å². The molecule has 1 aromatic carbocycles. The summed E-state index contributed by atoms with van der Waals surface area (Å²) in [6, 6.07) is 10.8. The van der Waals surface area contributed by atoms with Gasteiger partial charge in [0.05, 0.1) is 18.0 Å². The molecule has 0 aliphatic rings. The smallest absolute Gasteiger partial charge is 0.243 e. The molecular formula is C19H26N2O3S2. The molecule has 1 heterocycles. The van der Waals surface area contributed by atoms with E-state index >= 15 is 0 Å². The first kappa shape index (κ1) is 20.6. The monoisotopic (exact) mass is 394 g/mol. The van der Waals surface area contributed by atoms with E-state index in [-0.39, 0.29) is 23.9 Å². The molecule has 26 heavy (non-hydrogen) atoms. The molecular weight excluding hydrogens is 368 g/mol. The van der Waals surface area contributed by atoms with E-state index in [0.29, 0.717) is 12.5 Å². The molecule has 0 saturated heterocycles. The number of nitrogens with zero attached hydrogens (tertiary/aromatic N) is 1. The average Bonchev–Trinajstić information content (AvgIpc) is 3.17. The highest BCUT2D eigenvalue weighted by Crippen LogP contribution is 2.22. The number of likely N-dealkylation sites (N-methyl/N-ethyl adjacent to an activating group) is 1. The van der Waals surface area contributed by atoms with Gasteiger partial charge in [0.25, 0.3) is 0 Å². The normalized spacial score (nSPS) is 12.9. The number of nitrogens with one attached hydrogen (secondary N) is 1. The van der Waals surface area contributed by atoms with Crippen molar-refractivity contribution in [3.05, 3.63) is 52.2 Å². The second kappa shape index (κ2) is 9.30. The lowest BCUT2D eigenvalue weighted by Gasteiger charge is -2.20. The number of carbonyl (C=O) groups is 1.